The molecule has 0 spiro atoms. The third-order valence-corrected chi connectivity index (χ3v) is 3.98. The normalized spacial score (nSPS) is 11.1. The zero-order valence-electron chi connectivity index (χ0n) is 14.3. The van der Waals surface area contributed by atoms with Crippen LogP contribution in [-0.2, 0) is 14.3 Å². The number of fused-ring (bicyclic) bond motifs is 1. The molecular formula is C19H15ClFN3O3. The van der Waals surface area contributed by atoms with Gasteiger partial charge in [0.05, 0.1) is 5.69 Å². The molecule has 3 aromatic rings. The average molecular weight is 388 g/mol. The summed E-state index contributed by atoms with van der Waals surface area (Å²) in [6.07, 6.45) is 4.37. The lowest BCUT2D eigenvalue weighted by Gasteiger charge is -2.06. The van der Waals surface area contributed by atoms with E-state index < -0.39 is 24.3 Å². The predicted octanol–water partition coefficient (Wildman–Crippen LogP) is 3.63. The molecule has 0 unspecified atom stereocenters. The van der Waals surface area contributed by atoms with Crippen LogP contribution in [-0.4, -0.2) is 27.9 Å². The largest absolute Gasteiger partial charge is 0.452 e. The molecule has 138 valence electrons. The van der Waals surface area contributed by atoms with Crippen LogP contribution in [0.15, 0.2) is 48.7 Å². The number of nitrogens with zero attached hydrogens (tertiary/aromatic N) is 2. The molecule has 3 rings (SSSR count). The van der Waals surface area contributed by atoms with Gasteiger partial charge in [-0.1, -0.05) is 23.7 Å². The molecule has 0 aliphatic heterocycles. The molecule has 27 heavy (non-hydrogen) atoms. The molecule has 0 bridgehead atoms. The Morgan fingerprint density at radius 3 is 2.93 bits per heavy atom. The Hall–Kier alpha value is -3.19. The number of carbonyl (C=O) groups excluding carboxylic acids is 2. The molecule has 8 heteroatoms. The van der Waals surface area contributed by atoms with Crippen LogP contribution in [0.3, 0.4) is 0 Å². The first-order valence-electron chi connectivity index (χ1n) is 7.97. The summed E-state index contributed by atoms with van der Waals surface area (Å²) in [4.78, 5) is 27.8. The Balaban J connectivity index is 1.57. The third kappa shape index (κ3) is 4.51. The van der Waals surface area contributed by atoms with Gasteiger partial charge in [0.1, 0.15) is 11.5 Å². The van der Waals surface area contributed by atoms with Crippen LogP contribution in [0.4, 0.5) is 10.1 Å². The first-order valence-corrected chi connectivity index (χ1v) is 8.35. The van der Waals surface area contributed by atoms with E-state index >= 15 is 0 Å². The second kappa shape index (κ2) is 8.01. The summed E-state index contributed by atoms with van der Waals surface area (Å²) in [7, 11) is 0. The van der Waals surface area contributed by atoms with Gasteiger partial charge in [0, 0.05) is 18.0 Å². The lowest BCUT2D eigenvalue weighted by atomic mass is 10.2. The first-order chi connectivity index (χ1) is 12.9. The molecule has 0 aliphatic rings. The van der Waals surface area contributed by atoms with E-state index in [1.54, 1.807) is 41.8 Å². The van der Waals surface area contributed by atoms with Gasteiger partial charge in [0.25, 0.3) is 5.91 Å². The van der Waals surface area contributed by atoms with Crippen molar-refractivity contribution in [1.29, 1.82) is 0 Å². The predicted molar refractivity (Wildman–Crippen MR) is 100.0 cm³/mol. The number of imidazole rings is 1. The van der Waals surface area contributed by atoms with Crippen molar-refractivity contribution in [2.75, 3.05) is 11.9 Å². The van der Waals surface area contributed by atoms with E-state index in [-0.39, 0.29) is 10.8 Å². The fraction of sp³-hybridized carbons (Fsp3) is 0.105. The number of hydrogen-bond donors (Lipinski definition) is 1. The monoisotopic (exact) mass is 387 g/mol. The van der Waals surface area contributed by atoms with Crippen molar-refractivity contribution in [3.63, 3.8) is 0 Å². The molecule has 1 aromatic carbocycles. The van der Waals surface area contributed by atoms with Crippen molar-refractivity contribution in [1.82, 2.24) is 9.38 Å². The highest BCUT2D eigenvalue weighted by molar-refractivity contribution is 6.31. The van der Waals surface area contributed by atoms with Gasteiger partial charge in [-0.15, -0.1) is 0 Å². The topological polar surface area (TPSA) is 72.7 Å². The zero-order valence-corrected chi connectivity index (χ0v) is 15.0. The molecule has 1 amide bonds. The van der Waals surface area contributed by atoms with Gasteiger partial charge in [-0.2, -0.15) is 0 Å². The smallest absolute Gasteiger partial charge is 0.331 e. The number of nitrogens with one attached hydrogen (secondary N) is 1. The standard InChI is InChI=1S/C19H15ClFN3O3/c1-12-5-6-13(10-14(12)21)22-17(25)11-27-18(26)8-7-15-19(20)23-16-4-2-3-9-24(15)16/h2-10H,11H2,1H3,(H,22,25)/b8-7+. The number of esters is 1. The van der Waals surface area contributed by atoms with Crippen molar-refractivity contribution in [3.8, 4) is 0 Å². The van der Waals surface area contributed by atoms with Crippen LogP contribution < -0.4 is 5.32 Å². The molecule has 0 fully saturated rings. The minimum atomic E-state index is -0.720. The maximum absolute atomic E-state index is 13.5. The summed E-state index contributed by atoms with van der Waals surface area (Å²) in [5.41, 5.74) is 1.91. The number of aryl methyl sites for hydroxylation is 1. The van der Waals surface area contributed by atoms with Gasteiger partial charge in [-0.25, -0.2) is 14.2 Å². The fourth-order valence-electron chi connectivity index (χ4n) is 2.33. The number of amides is 1. The zero-order chi connectivity index (χ0) is 19.4. The summed E-state index contributed by atoms with van der Waals surface area (Å²) in [5.74, 6) is -1.73. The van der Waals surface area contributed by atoms with Gasteiger partial charge in [-0.3, -0.25) is 9.20 Å². The highest BCUT2D eigenvalue weighted by Crippen LogP contribution is 2.19. The van der Waals surface area contributed by atoms with Crippen LogP contribution in [0.1, 0.15) is 11.3 Å². The highest BCUT2D eigenvalue weighted by Gasteiger charge is 2.09. The van der Waals surface area contributed by atoms with Crippen molar-refractivity contribution in [2.45, 2.75) is 6.92 Å². The molecular weight excluding hydrogens is 373 g/mol. The summed E-state index contributed by atoms with van der Waals surface area (Å²) in [6.45, 7) is 1.12. The third-order valence-electron chi connectivity index (χ3n) is 3.70. The van der Waals surface area contributed by atoms with Crippen LogP contribution in [0.25, 0.3) is 11.7 Å². The van der Waals surface area contributed by atoms with Crippen LogP contribution >= 0.6 is 11.6 Å². The quantitative estimate of drug-likeness (QED) is 0.536. The molecule has 1 N–H and O–H groups in total. The van der Waals surface area contributed by atoms with E-state index in [0.29, 0.717) is 16.9 Å². The first kappa shape index (κ1) is 18.6. The summed E-state index contributed by atoms with van der Waals surface area (Å²) < 4.78 is 20.0. The molecule has 0 radical (unpaired) electrons. The molecule has 2 aromatic heterocycles. The van der Waals surface area contributed by atoms with Gasteiger partial charge in [-0.05, 0) is 42.8 Å². The maximum Gasteiger partial charge on any atom is 0.331 e. The molecule has 6 nitrogen and oxygen atoms in total. The van der Waals surface area contributed by atoms with Crippen LogP contribution in [0.2, 0.25) is 5.15 Å². The van der Waals surface area contributed by atoms with Crippen LogP contribution in [0, 0.1) is 12.7 Å². The van der Waals surface area contributed by atoms with E-state index in [2.05, 4.69) is 10.3 Å². The lowest BCUT2D eigenvalue weighted by molar-refractivity contribution is -0.142. The number of carbonyl (C=O) groups is 2. The van der Waals surface area contributed by atoms with Gasteiger partial charge in [0.2, 0.25) is 0 Å². The molecule has 0 atom stereocenters. The SMILES string of the molecule is Cc1ccc(NC(=O)COC(=O)/C=C/c2c(Cl)nc3ccccn23)cc1F. The number of rotatable bonds is 5. The lowest BCUT2D eigenvalue weighted by Crippen LogP contribution is -2.20. The van der Waals surface area contributed by atoms with Gasteiger partial charge in [0.15, 0.2) is 11.8 Å². The molecule has 0 saturated heterocycles. The minimum Gasteiger partial charge on any atom is -0.452 e. The number of aromatic nitrogens is 2. The Morgan fingerprint density at radius 2 is 2.15 bits per heavy atom. The summed E-state index contributed by atoms with van der Waals surface area (Å²) in [5, 5.41) is 2.69. The highest BCUT2D eigenvalue weighted by atomic mass is 35.5. The molecule has 0 saturated carbocycles. The van der Waals surface area contributed by atoms with Gasteiger partial charge >= 0.3 is 5.97 Å². The Kier molecular flexibility index (Phi) is 5.52. The van der Waals surface area contributed by atoms with Crippen molar-refractivity contribution in [2.24, 2.45) is 0 Å². The Bertz CT molecular complexity index is 1050. The minimum absolute atomic E-state index is 0.240. The summed E-state index contributed by atoms with van der Waals surface area (Å²) in [6, 6.07) is 9.70. The van der Waals surface area contributed by atoms with E-state index in [1.807, 2.05) is 6.07 Å². The van der Waals surface area contributed by atoms with Crippen LogP contribution in [0.5, 0.6) is 0 Å². The van der Waals surface area contributed by atoms with Crippen molar-refractivity contribution >= 4 is 40.9 Å². The van der Waals surface area contributed by atoms with E-state index in [9.17, 15) is 14.0 Å². The van der Waals surface area contributed by atoms with E-state index in [4.69, 9.17) is 16.3 Å². The number of halogens is 2. The van der Waals surface area contributed by atoms with E-state index in [1.165, 1.54) is 12.1 Å². The second-order valence-corrected chi connectivity index (χ2v) is 6.03. The molecule has 0 aliphatic carbocycles. The van der Waals surface area contributed by atoms with Gasteiger partial charge < -0.3 is 10.1 Å². The number of anilines is 1. The van der Waals surface area contributed by atoms with E-state index in [0.717, 1.165) is 6.08 Å². The maximum atomic E-state index is 13.5. The van der Waals surface area contributed by atoms with Crippen molar-refractivity contribution in [3.05, 3.63) is 70.9 Å². The Labute approximate surface area is 159 Å². The number of ether oxygens (including phenoxy) is 1. The number of pyridine rings is 1. The Morgan fingerprint density at radius 1 is 1.33 bits per heavy atom. The fourth-order valence-corrected chi connectivity index (χ4v) is 2.58. The second-order valence-electron chi connectivity index (χ2n) is 5.67. The molecule has 2 heterocycles. The summed E-state index contributed by atoms with van der Waals surface area (Å²) >= 11 is 6.06. The average Bonchev–Trinajstić information content (AvgIpc) is 2.96. The number of benzene rings is 1. The number of hydrogen-bond acceptors (Lipinski definition) is 4. The van der Waals surface area contributed by atoms with Crippen molar-refractivity contribution < 1.29 is 18.7 Å².